The summed E-state index contributed by atoms with van der Waals surface area (Å²) < 4.78 is 0. The molecule has 31 heavy (non-hydrogen) atoms. The first-order valence-electron chi connectivity index (χ1n) is 10.9. The van der Waals surface area contributed by atoms with E-state index in [-0.39, 0.29) is 28.7 Å². The Morgan fingerprint density at radius 2 is 1.87 bits per heavy atom. The zero-order valence-corrected chi connectivity index (χ0v) is 19.6. The van der Waals surface area contributed by atoms with Crippen LogP contribution in [-0.4, -0.2) is 23.0 Å². The molecule has 6 heteroatoms. The van der Waals surface area contributed by atoms with E-state index in [0.29, 0.717) is 27.6 Å². The molecule has 162 valence electrons. The van der Waals surface area contributed by atoms with Gasteiger partial charge in [-0.15, -0.1) is 0 Å². The Kier molecular flexibility index (Phi) is 6.16. The van der Waals surface area contributed by atoms with Crippen LogP contribution in [0.3, 0.4) is 0 Å². The number of nitrogens with zero attached hydrogens (tertiary/aromatic N) is 2. The fraction of sp³-hybridized carbons (Fsp3) is 0.520. The Labute approximate surface area is 193 Å². The van der Waals surface area contributed by atoms with Gasteiger partial charge in [0.05, 0.1) is 23.3 Å². The van der Waals surface area contributed by atoms with Crippen molar-refractivity contribution in [1.82, 2.24) is 0 Å². The van der Waals surface area contributed by atoms with Crippen LogP contribution in [-0.2, 0) is 4.79 Å². The molecule has 1 unspecified atom stereocenters. The molecule has 2 aliphatic carbocycles. The Bertz CT molecular complexity index is 1010. The van der Waals surface area contributed by atoms with E-state index in [2.05, 4.69) is 19.9 Å². The van der Waals surface area contributed by atoms with E-state index in [0.717, 1.165) is 44.2 Å². The monoisotopic (exact) mass is 454 g/mol. The first kappa shape index (κ1) is 22.3. The number of allylic oxidation sites excluding steroid dienone is 1. The molecule has 2 fully saturated rings. The molecule has 1 aliphatic heterocycles. The van der Waals surface area contributed by atoms with Gasteiger partial charge >= 0.3 is 0 Å². The van der Waals surface area contributed by atoms with Gasteiger partial charge in [-0.1, -0.05) is 56.5 Å². The Hall–Kier alpha value is -1.90. The second kappa shape index (κ2) is 8.56. The van der Waals surface area contributed by atoms with Crippen LogP contribution in [0.5, 0.6) is 0 Å². The number of Topliss-reactive ketones (excluding diaryl/α,β-unsaturated/α-hetero) is 2. The predicted octanol–water partition coefficient (Wildman–Crippen LogP) is 6.40. The van der Waals surface area contributed by atoms with Crippen molar-refractivity contribution >= 4 is 40.6 Å². The van der Waals surface area contributed by atoms with Gasteiger partial charge in [0.25, 0.3) is 0 Å². The van der Waals surface area contributed by atoms with E-state index < -0.39 is 5.41 Å². The molecular weight excluding hydrogens is 428 g/mol. The lowest BCUT2D eigenvalue weighted by Crippen LogP contribution is -2.50. The van der Waals surface area contributed by atoms with Crippen LogP contribution in [0.4, 0.5) is 0 Å². The van der Waals surface area contributed by atoms with E-state index in [9.17, 15) is 14.9 Å². The standard InChI is InChI=1S/C25H27ClN2O2S/c1-24(2)12-19-22(20(29)13-24)25(10-4-3-5-11-25)18(14-27)23(28-19)31-15-21(30)16-6-8-17(26)9-7-16/h6-9,22H,3-5,10-13,15H2,1-2H3. The zero-order valence-electron chi connectivity index (χ0n) is 18.0. The van der Waals surface area contributed by atoms with E-state index in [1.807, 2.05) is 0 Å². The third-order valence-electron chi connectivity index (χ3n) is 6.84. The summed E-state index contributed by atoms with van der Waals surface area (Å²) in [5, 5.41) is 11.4. The lowest BCUT2D eigenvalue weighted by molar-refractivity contribution is -0.127. The Morgan fingerprint density at radius 3 is 2.52 bits per heavy atom. The summed E-state index contributed by atoms with van der Waals surface area (Å²) in [5.74, 6) is 0.140. The predicted molar refractivity (Wildman–Crippen MR) is 125 cm³/mol. The highest BCUT2D eigenvalue weighted by atomic mass is 35.5. The number of rotatable bonds is 4. The van der Waals surface area contributed by atoms with Crippen molar-refractivity contribution in [2.45, 2.75) is 58.8 Å². The first-order valence-corrected chi connectivity index (χ1v) is 12.3. The van der Waals surface area contributed by atoms with Crippen molar-refractivity contribution < 1.29 is 9.59 Å². The minimum Gasteiger partial charge on any atom is -0.299 e. The third-order valence-corrected chi connectivity index (χ3v) is 8.07. The normalized spacial score (nSPS) is 24.4. The summed E-state index contributed by atoms with van der Waals surface area (Å²) in [6.45, 7) is 4.22. The van der Waals surface area contributed by atoms with Crippen LogP contribution in [0.15, 0.2) is 39.9 Å². The van der Waals surface area contributed by atoms with Crippen molar-refractivity contribution in [3.05, 3.63) is 45.5 Å². The molecule has 1 spiro atoms. The quantitative estimate of drug-likeness (QED) is 0.493. The van der Waals surface area contributed by atoms with Gasteiger partial charge in [0.1, 0.15) is 10.8 Å². The SMILES string of the molecule is CC1(C)CC(=O)C2C(=NC(SCC(=O)c3ccc(Cl)cc3)=C(C#N)C23CCCCC3)C1. The second-order valence-corrected chi connectivity index (χ2v) is 11.1. The smallest absolute Gasteiger partial charge is 0.173 e. The second-order valence-electron chi connectivity index (χ2n) is 9.75. The van der Waals surface area contributed by atoms with Crippen LogP contribution in [0.25, 0.3) is 0 Å². The molecule has 1 atom stereocenters. The summed E-state index contributed by atoms with van der Waals surface area (Å²) in [5.41, 5.74) is 1.58. The highest BCUT2D eigenvalue weighted by Gasteiger charge is 2.55. The average Bonchev–Trinajstić information content (AvgIpc) is 2.71. The molecule has 2 saturated carbocycles. The highest BCUT2D eigenvalue weighted by molar-refractivity contribution is 8.03. The number of hydrogen-bond donors (Lipinski definition) is 0. The average molecular weight is 455 g/mol. The van der Waals surface area contributed by atoms with E-state index in [4.69, 9.17) is 16.6 Å². The van der Waals surface area contributed by atoms with E-state index >= 15 is 0 Å². The molecule has 4 rings (SSSR count). The number of benzene rings is 1. The maximum absolute atomic E-state index is 13.3. The van der Waals surface area contributed by atoms with Gasteiger partial charge in [0.15, 0.2) is 5.78 Å². The number of carbonyl (C=O) groups excluding carboxylic acids is 2. The fourth-order valence-corrected chi connectivity index (χ4v) is 6.66. The molecule has 4 nitrogen and oxygen atoms in total. The molecule has 0 aromatic heterocycles. The van der Waals surface area contributed by atoms with Crippen LogP contribution in [0.1, 0.15) is 69.2 Å². The summed E-state index contributed by atoms with van der Waals surface area (Å²) >= 11 is 7.27. The number of carbonyl (C=O) groups is 2. The van der Waals surface area contributed by atoms with Crippen LogP contribution in [0, 0.1) is 28.1 Å². The third kappa shape index (κ3) is 4.25. The van der Waals surface area contributed by atoms with Crippen LogP contribution < -0.4 is 0 Å². The molecule has 3 aliphatic rings. The molecule has 1 aromatic rings. The van der Waals surface area contributed by atoms with E-state index in [1.54, 1.807) is 24.3 Å². The summed E-state index contributed by atoms with van der Waals surface area (Å²) in [6.07, 6.45) is 6.17. The number of aliphatic imine (C=N–C) groups is 1. The fourth-order valence-electron chi connectivity index (χ4n) is 5.53. The van der Waals surface area contributed by atoms with Crippen LogP contribution in [0.2, 0.25) is 5.02 Å². The van der Waals surface area contributed by atoms with Gasteiger partial charge in [-0.3, -0.25) is 9.59 Å². The minimum atomic E-state index is -0.441. The molecule has 0 saturated heterocycles. The van der Waals surface area contributed by atoms with E-state index in [1.165, 1.54) is 11.8 Å². The lowest BCUT2D eigenvalue weighted by Gasteiger charge is -2.49. The minimum absolute atomic E-state index is 0.0217. The Balaban J connectivity index is 1.69. The van der Waals surface area contributed by atoms with Gasteiger partial charge < -0.3 is 0 Å². The largest absolute Gasteiger partial charge is 0.299 e. The zero-order chi connectivity index (χ0) is 22.2. The van der Waals surface area contributed by atoms with Crippen molar-refractivity contribution in [2.24, 2.45) is 21.7 Å². The summed E-state index contributed by atoms with van der Waals surface area (Å²) in [7, 11) is 0. The van der Waals surface area contributed by atoms with Crippen molar-refractivity contribution in [1.29, 1.82) is 5.26 Å². The van der Waals surface area contributed by atoms with Gasteiger partial charge in [-0.25, -0.2) is 4.99 Å². The number of halogens is 1. The lowest BCUT2D eigenvalue weighted by atomic mass is 9.54. The molecular formula is C25H27ClN2O2S. The number of nitriles is 1. The molecule has 0 bridgehead atoms. The topological polar surface area (TPSA) is 70.3 Å². The molecule has 0 amide bonds. The maximum Gasteiger partial charge on any atom is 0.173 e. The number of thioether (sulfide) groups is 1. The molecule has 0 N–H and O–H groups in total. The first-order chi connectivity index (χ1) is 14.8. The highest BCUT2D eigenvalue weighted by Crippen LogP contribution is 2.56. The van der Waals surface area contributed by atoms with Crippen molar-refractivity contribution in [2.75, 3.05) is 5.75 Å². The van der Waals surface area contributed by atoms with Crippen LogP contribution >= 0.6 is 23.4 Å². The van der Waals surface area contributed by atoms with Crippen molar-refractivity contribution in [3.8, 4) is 6.07 Å². The summed E-state index contributed by atoms with van der Waals surface area (Å²) in [6, 6.07) is 9.28. The summed E-state index contributed by atoms with van der Waals surface area (Å²) in [4.78, 5) is 30.9. The number of fused-ring (bicyclic) bond motifs is 2. The van der Waals surface area contributed by atoms with Gasteiger partial charge in [0.2, 0.25) is 0 Å². The number of hydrogen-bond acceptors (Lipinski definition) is 5. The van der Waals surface area contributed by atoms with Gasteiger partial charge in [-0.2, -0.15) is 5.26 Å². The molecule has 1 aromatic carbocycles. The number of ketones is 2. The Morgan fingerprint density at radius 1 is 1.19 bits per heavy atom. The molecule has 1 heterocycles. The van der Waals surface area contributed by atoms with Gasteiger partial charge in [-0.05, 0) is 48.9 Å². The molecule has 0 radical (unpaired) electrons. The van der Waals surface area contributed by atoms with Crippen molar-refractivity contribution in [3.63, 3.8) is 0 Å². The maximum atomic E-state index is 13.3. The van der Waals surface area contributed by atoms with Gasteiger partial charge in [0, 0.05) is 28.1 Å².